The third-order valence-electron chi connectivity index (χ3n) is 6.01. The minimum absolute atomic E-state index is 0.320. The lowest BCUT2D eigenvalue weighted by molar-refractivity contribution is -0.00665. The zero-order valence-corrected chi connectivity index (χ0v) is 15.8. The van der Waals surface area contributed by atoms with Gasteiger partial charge in [-0.3, -0.25) is 0 Å². The highest BCUT2D eigenvalue weighted by molar-refractivity contribution is 7.80. The van der Waals surface area contributed by atoms with E-state index in [-0.39, 0.29) is 5.97 Å². The summed E-state index contributed by atoms with van der Waals surface area (Å²) in [5.74, 6) is 3.13. The van der Waals surface area contributed by atoms with Gasteiger partial charge in [-0.25, -0.2) is 4.79 Å². The number of esters is 1. The lowest BCUT2D eigenvalue weighted by Gasteiger charge is -2.54. The van der Waals surface area contributed by atoms with Crippen molar-refractivity contribution in [1.82, 2.24) is 5.32 Å². The first-order valence-corrected chi connectivity index (χ1v) is 10.0. The van der Waals surface area contributed by atoms with Crippen molar-refractivity contribution in [3.8, 4) is 0 Å². The van der Waals surface area contributed by atoms with E-state index in [2.05, 4.69) is 10.6 Å². The van der Waals surface area contributed by atoms with Crippen molar-refractivity contribution < 1.29 is 9.53 Å². The van der Waals surface area contributed by atoms with E-state index in [0.29, 0.717) is 16.7 Å². The number of carbonyl (C=O) groups excluding carboxylic acids is 1. The Kier molecular flexibility index (Phi) is 4.29. The first kappa shape index (κ1) is 16.3. The van der Waals surface area contributed by atoms with E-state index in [1.165, 1.54) is 50.6 Å². The molecule has 0 saturated heterocycles. The molecule has 4 aliphatic carbocycles. The van der Waals surface area contributed by atoms with Crippen molar-refractivity contribution in [1.29, 1.82) is 0 Å². The molecule has 1 aromatic rings. The fraction of sp³-hybridized carbons (Fsp3) is 0.667. The Bertz CT molecular complexity index is 642. The Morgan fingerprint density at radius 1 is 1.21 bits per heavy atom. The minimum Gasteiger partial charge on any atom is -0.465 e. The molecule has 130 valence electrons. The number of ether oxygens (including phenoxy) is 1. The highest BCUT2D eigenvalue weighted by atomic mass is 32.1. The molecule has 0 unspecified atom stereocenters. The second-order valence-electron chi connectivity index (χ2n) is 7.65. The molecule has 0 amide bonds. The zero-order chi connectivity index (χ0) is 16.8. The molecule has 0 radical (unpaired) electrons. The molecule has 0 atom stereocenters. The number of hydrogen-bond donors (Lipinski definition) is 2. The largest absolute Gasteiger partial charge is 0.465 e. The number of methoxy groups -OCH3 is 1. The maximum atomic E-state index is 11.9. The van der Waals surface area contributed by atoms with Gasteiger partial charge in [0, 0.05) is 10.9 Å². The number of aryl methyl sites for hydroxylation is 1. The fourth-order valence-electron chi connectivity index (χ4n) is 5.32. The smallest absolute Gasteiger partial charge is 0.340 e. The summed E-state index contributed by atoms with van der Waals surface area (Å²) in [6.07, 6.45) is 6.90. The lowest BCUT2D eigenvalue weighted by Crippen LogP contribution is -2.56. The molecule has 0 aliphatic heterocycles. The SMILES string of the molecule is COC(=O)c1cc(C)sc1NC(=S)NC1C2CC3CC(C2)CC1C3. The number of nitrogens with one attached hydrogen (secondary N) is 2. The Labute approximate surface area is 152 Å². The van der Waals surface area contributed by atoms with E-state index < -0.39 is 0 Å². The van der Waals surface area contributed by atoms with Gasteiger partial charge in [0.05, 0.1) is 12.7 Å². The van der Waals surface area contributed by atoms with Crippen molar-refractivity contribution in [3.63, 3.8) is 0 Å². The average molecular weight is 365 g/mol. The van der Waals surface area contributed by atoms with Gasteiger partial charge in [0.25, 0.3) is 0 Å². The molecule has 4 aliphatic rings. The number of carbonyl (C=O) groups is 1. The highest BCUT2D eigenvalue weighted by Crippen LogP contribution is 2.53. The summed E-state index contributed by atoms with van der Waals surface area (Å²) < 4.78 is 4.86. The van der Waals surface area contributed by atoms with Crippen LogP contribution in [0.1, 0.15) is 47.3 Å². The molecule has 1 aromatic heterocycles. The van der Waals surface area contributed by atoms with Crippen LogP contribution in [0.5, 0.6) is 0 Å². The zero-order valence-electron chi connectivity index (χ0n) is 14.1. The summed E-state index contributed by atoms with van der Waals surface area (Å²) in [6, 6.07) is 2.35. The Balaban J connectivity index is 1.43. The van der Waals surface area contributed by atoms with E-state index in [9.17, 15) is 4.79 Å². The van der Waals surface area contributed by atoms with Crippen LogP contribution in [-0.2, 0) is 4.74 Å². The van der Waals surface area contributed by atoms with Gasteiger partial charge in [0.1, 0.15) is 5.00 Å². The standard InChI is InChI=1S/C18H24N2O2S2/c1-9-3-14(17(21)22-2)16(24-9)20-18(23)19-15-12-5-10-4-11(7-12)8-13(15)6-10/h3,10-13,15H,4-8H2,1-2H3,(H2,19,20,23). The van der Waals surface area contributed by atoms with Crippen LogP contribution >= 0.6 is 23.6 Å². The minimum atomic E-state index is -0.320. The number of rotatable bonds is 3. The van der Waals surface area contributed by atoms with E-state index in [1.807, 2.05) is 13.0 Å². The van der Waals surface area contributed by atoms with Crippen LogP contribution in [0.4, 0.5) is 5.00 Å². The average Bonchev–Trinajstić information content (AvgIpc) is 2.89. The van der Waals surface area contributed by atoms with Crippen molar-refractivity contribution >= 4 is 39.6 Å². The highest BCUT2D eigenvalue weighted by Gasteiger charge is 2.48. The van der Waals surface area contributed by atoms with Crippen LogP contribution in [0, 0.1) is 30.6 Å². The van der Waals surface area contributed by atoms with Gasteiger partial charge in [0.15, 0.2) is 5.11 Å². The van der Waals surface area contributed by atoms with Crippen LogP contribution in [0.25, 0.3) is 0 Å². The molecule has 6 heteroatoms. The molecule has 4 nitrogen and oxygen atoms in total. The molecule has 2 N–H and O–H groups in total. The summed E-state index contributed by atoms with van der Waals surface area (Å²) >= 11 is 7.10. The van der Waals surface area contributed by atoms with Crippen LogP contribution < -0.4 is 10.6 Å². The first-order valence-electron chi connectivity index (χ1n) is 8.79. The summed E-state index contributed by atoms with van der Waals surface area (Å²) in [7, 11) is 1.41. The fourth-order valence-corrected chi connectivity index (χ4v) is 6.53. The summed E-state index contributed by atoms with van der Waals surface area (Å²) in [5.41, 5.74) is 0.564. The number of thiocarbonyl (C=S) groups is 1. The summed E-state index contributed by atoms with van der Waals surface area (Å²) in [5, 5.41) is 8.24. The van der Waals surface area contributed by atoms with Crippen molar-refractivity contribution in [2.24, 2.45) is 23.7 Å². The van der Waals surface area contributed by atoms with Crippen LogP contribution in [0.15, 0.2) is 6.07 Å². The van der Waals surface area contributed by atoms with Gasteiger partial charge in [0.2, 0.25) is 0 Å². The van der Waals surface area contributed by atoms with Crippen LogP contribution in [0.2, 0.25) is 0 Å². The van der Waals surface area contributed by atoms with Crippen molar-refractivity contribution in [3.05, 3.63) is 16.5 Å². The molecule has 0 spiro atoms. The topological polar surface area (TPSA) is 50.4 Å². The third kappa shape index (κ3) is 2.94. The third-order valence-corrected chi connectivity index (χ3v) is 7.20. The quantitative estimate of drug-likeness (QED) is 0.628. The van der Waals surface area contributed by atoms with Crippen LogP contribution in [0.3, 0.4) is 0 Å². The van der Waals surface area contributed by atoms with Crippen molar-refractivity contribution in [2.75, 3.05) is 12.4 Å². The predicted octanol–water partition coefficient (Wildman–Crippen LogP) is 3.95. The summed E-state index contributed by atoms with van der Waals surface area (Å²) in [6.45, 7) is 1.98. The van der Waals surface area contributed by atoms with E-state index in [4.69, 9.17) is 17.0 Å². The molecule has 1 heterocycles. The van der Waals surface area contributed by atoms with Crippen LogP contribution in [-0.4, -0.2) is 24.2 Å². The Hall–Kier alpha value is -1.14. The van der Waals surface area contributed by atoms with Gasteiger partial charge in [-0.15, -0.1) is 11.3 Å². The number of anilines is 1. The lowest BCUT2D eigenvalue weighted by atomic mass is 9.54. The maximum absolute atomic E-state index is 11.9. The van der Waals surface area contributed by atoms with Crippen molar-refractivity contribution in [2.45, 2.75) is 45.1 Å². The molecule has 0 aromatic carbocycles. The second-order valence-corrected chi connectivity index (χ2v) is 9.31. The van der Waals surface area contributed by atoms with E-state index >= 15 is 0 Å². The Morgan fingerprint density at radius 2 is 1.83 bits per heavy atom. The van der Waals surface area contributed by atoms with Gasteiger partial charge < -0.3 is 15.4 Å². The monoisotopic (exact) mass is 364 g/mol. The Morgan fingerprint density at radius 3 is 2.42 bits per heavy atom. The summed E-state index contributed by atoms with van der Waals surface area (Å²) in [4.78, 5) is 13.0. The van der Waals surface area contributed by atoms with E-state index in [0.717, 1.165) is 33.5 Å². The van der Waals surface area contributed by atoms with Gasteiger partial charge in [-0.2, -0.15) is 0 Å². The normalized spacial score (nSPS) is 33.3. The number of hydrogen-bond acceptors (Lipinski definition) is 4. The van der Waals surface area contributed by atoms with E-state index in [1.54, 1.807) is 0 Å². The van der Waals surface area contributed by atoms with Gasteiger partial charge >= 0.3 is 5.97 Å². The molecule has 4 saturated carbocycles. The number of thiophene rings is 1. The maximum Gasteiger partial charge on any atom is 0.340 e. The second kappa shape index (κ2) is 6.30. The first-order chi connectivity index (χ1) is 11.5. The molecule has 24 heavy (non-hydrogen) atoms. The molecular formula is C18H24N2O2S2. The van der Waals surface area contributed by atoms with Gasteiger partial charge in [-0.05, 0) is 81.0 Å². The molecule has 4 fully saturated rings. The predicted molar refractivity (Wildman–Crippen MR) is 101 cm³/mol. The molecule has 5 rings (SSSR count). The van der Waals surface area contributed by atoms with Gasteiger partial charge in [-0.1, -0.05) is 0 Å². The molecule has 4 bridgehead atoms. The molecular weight excluding hydrogens is 340 g/mol.